The summed E-state index contributed by atoms with van der Waals surface area (Å²) in [6, 6.07) is 7.01. The molecule has 3 heteroatoms. The Morgan fingerprint density at radius 3 is 2.13 bits per heavy atom. The van der Waals surface area contributed by atoms with Crippen LogP contribution in [0.4, 0.5) is 0 Å². The van der Waals surface area contributed by atoms with E-state index in [0.29, 0.717) is 6.10 Å². The summed E-state index contributed by atoms with van der Waals surface area (Å²) in [7, 11) is 0. The molecule has 0 spiro atoms. The molecule has 15 heavy (non-hydrogen) atoms. The van der Waals surface area contributed by atoms with Crippen molar-refractivity contribution in [3.05, 3.63) is 29.3 Å². The average molecular weight is 281 g/mol. The predicted octanol–water partition coefficient (Wildman–Crippen LogP) is -0.0959. The minimum atomic E-state index is 0. The van der Waals surface area contributed by atoms with Crippen molar-refractivity contribution in [3.8, 4) is 5.75 Å². The number of benzene rings is 1. The van der Waals surface area contributed by atoms with Gasteiger partial charge < -0.3 is 21.7 Å². The molecule has 0 N–H and O–H groups in total. The first-order chi connectivity index (χ1) is 6.15. The third-order valence-corrected chi connectivity index (χ3v) is 2.21. The molecule has 0 aliphatic heterocycles. The molecule has 0 fully saturated rings. The Morgan fingerprint density at radius 2 is 1.73 bits per heavy atom. The standard InChI is InChI=1S/C12H17O.BrH.Mg/c1-5-11(4)13-12-9(2)7-6-8-10(12)3;;/h7-8,11H,5H2,1-4H3;1H;/q-1;;+2/p-1. The smallest absolute Gasteiger partial charge is 1.00 e. The molecule has 1 nitrogen and oxygen atoms in total. The predicted molar refractivity (Wildman–Crippen MR) is 60.9 cm³/mol. The van der Waals surface area contributed by atoms with Crippen molar-refractivity contribution in [2.75, 3.05) is 0 Å². The van der Waals surface area contributed by atoms with E-state index in [4.69, 9.17) is 4.74 Å². The monoisotopic (exact) mass is 280 g/mol. The van der Waals surface area contributed by atoms with Gasteiger partial charge in [0.05, 0.1) is 6.10 Å². The maximum atomic E-state index is 5.81. The number of halogens is 1. The molecular weight excluding hydrogens is 264 g/mol. The van der Waals surface area contributed by atoms with Gasteiger partial charge in [0, 0.05) is 5.75 Å². The Hall–Kier alpha value is 0.266. The topological polar surface area (TPSA) is 9.23 Å². The van der Waals surface area contributed by atoms with Crippen molar-refractivity contribution in [2.24, 2.45) is 0 Å². The van der Waals surface area contributed by atoms with E-state index in [0.717, 1.165) is 12.2 Å². The molecule has 1 rings (SSSR count). The Bertz CT molecular complexity index is 269. The molecule has 1 aromatic carbocycles. The van der Waals surface area contributed by atoms with E-state index in [1.54, 1.807) is 0 Å². The van der Waals surface area contributed by atoms with Crippen LogP contribution in [0.5, 0.6) is 5.75 Å². The number of rotatable bonds is 3. The van der Waals surface area contributed by atoms with Gasteiger partial charge >= 0.3 is 23.1 Å². The summed E-state index contributed by atoms with van der Waals surface area (Å²) >= 11 is 0. The zero-order chi connectivity index (χ0) is 9.84. The van der Waals surface area contributed by atoms with E-state index in [1.165, 1.54) is 11.1 Å². The first kappa shape index (κ1) is 17.7. The average Bonchev–Trinajstić information content (AvgIpc) is 2.11. The summed E-state index contributed by atoms with van der Waals surface area (Å²) in [5.41, 5.74) is 2.33. The molecule has 0 aliphatic rings. The molecule has 0 aromatic heterocycles. The van der Waals surface area contributed by atoms with Crippen molar-refractivity contribution in [3.63, 3.8) is 0 Å². The second kappa shape index (κ2) is 8.42. The van der Waals surface area contributed by atoms with Gasteiger partial charge in [-0.05, 0) is 13.3 Å². The molecule has 1 aromatic rings. The van der Waals surface area contributed by atoms with Crippen molar-refractivity contribution in [2.45, 2.75) is 40.2 Å². The Balaban J connectivity index is 0. The molecule has 0 radical (unpaired) electrons. The third kappa shape index (κ3) is 5.23. The number of hydrogen-bond donors (Lipinski definition) is 0. The van der Waals surface area contributed by atoms with Crippen LogP contribution < -0.4 is 21.7 Å². The molecule has 0 heterocycles. The zero-order valence-corrected chi connectivity index (χ0v) is 12.9. The van der Waals surface area contributed by atoms with Gasteiger partial charge in [0.25, 0.3) is 0 Å². The van der Waals surface area contributed by atoms with Crippen LogP contribution in [0.2, 0.25) is 0 Å². The Kier molecular flexibility index (Phi) is 9.91. The van der Waals surface area contributed by atoms with E-state index < -0.39 is 0 Å². The molecule has 0 amide bonds. The first-order valence-electron chi connectivity index (χ1n) is 4.79. The van der Waals surface area contributed by atoms with Gasteiger partial charge in [0.15, 0.2) is 0 Å². The van der Waals surface area contributed by atoms with Crippen LogP contribution in [0.3, 0.4) is 0 Å². The molecule has 0 saturated heterocycles. The number of ether oxygens (including phenoxy) is 1. The Labute approximate surface area is 120 Å². The van der Waals surface area contributed by atoms with Crippen LogP contribution >= 0.6 is 0 Å². The SMILES string of the molecule is CCC(C)Oc1c(C)c[c-]cc1C.[Br-].[Mg+2]. The quantitative estimate of drug-likeness (QED) is 0.556. The Morgan fingerprint density at radius 1 is 1.27 bits per heavy atom. The fourth-order valence-corrected chi connectivity index (χ4v) is 1.20. The van der Waals surface area contributed by atoms with E-state index in [-0.39, 0.29) is 40.0 Å². The van der Waals surface area contributed by atoms with Crippen molar-refractivity contribution < 1.29 is 21.7 Å². The maximum absolute atomic E-state index is 5.81. The summed E-state index contributed by atoms with van der Waals surface area (Å²) < 4.78 is 5.81. The van der Waals surface area contributed by atoms with Gasteiger partial charge in [-0.3, -0.25) is 0 Å². The molecule has 0 aliphatic carbocycles. The summed E-state index contributed by atoms with van der Waals surface area (Å²) in [5.74, 6) is 1.02. The molecule has 1 unspecified atom stereocenters. The van der Waals surface area contributed by atoms with Crippen LogP contribution in [-0.4, -0.2) is 29.2 Å². The fraction of sp³-hybridized carbons (Fsp3) is 0.500. The normalized spacial score (nSPS) is 10.9. The minimum absolute atomic E-state index is 0. The summed E-state index contributed by atoms with van der Waals surface area (Å²) in [4.78, 5) is 0. The van der Waals surface area contributed by atoms with Crippen LogP contribution in [-0.2, 0) is 0 Å². The van der Waals surface area contributed by atoms with Crippen LogP contribution in [0.25, 0.3) is 0 Å². The zero-order valence-electron chi connectivity index (χ0n) is 9.93. The second-order valence-electron chi connectivity index (χ2n) is 3.49. The van der Waals surface area contributed by atoms with Gasteiger partial charge in [-0.1, -0.05) is 20.8 Å². The minimum Gasteiger partial charge on any atom is -1.00 e. The maximum Gasteiger partial charge on any atom is 2.00 e. The number of aryl methyl sites for hydroxylation is 2. The molecule has 0 bridgehead atoms. The van der Waals surface area contributed by atoms with E-state index in [2.05, 4.69) is 33.8 Å². The van der Waals surface area contributed by atoms with Gasteiger partial charge in [-0.25, -0.2) is 0 Å². The van der Waals surface area contributed by atoms with Gasteiger partial charge in [0.2, 0.25) is 0 Å². The van der Waals surface area contributed by atoms with Crippen LogP contribution in [0.15, 0.2) is 12.1 Å². The van der Waals surface area contributed by atoms with E-state index in [1.807, 2.05) is 12.1 Å². The second-order valence-corrected chi connectivity index (χ2v) is 3.49. The fourth-order valence-electron chi connectivity index (χ4n) is 1.20. The van der Waals surface area contributed by atoms with Gasteiger partial charge in [-0.2, -0.15) is 18.2 Å². The molecule has 80 valence electrons. The third-order valence-electron chi connectivity index (χ3n) is 2.21. The first-order valence-corrected chi connectivity index (χ1v) is 4.79. The van der Waals surface area contributed by atoms with Gasteiger partial charge in [0.1, 0.15) is 0 Å². The summed E-state index contributed by atoms with van der Waals surface area (Å²) in [6.45, 7) is 8.34. The van der Waals surface area contributed by atoms with Crippen LogP contribution in [0.1, 0.15) is 31.4 Å². The summed E-state index contributed by atoms with van der Waals surface area (Å²) in [6.07, 6.45) is 1.33. The number of hydrogen-bond acceptors (Lipinski definition) is 1. The van der Waals surface area contributed by atoms with Crippen molar-refractivity contribution in [1.82, 2.24) is 0 Å². The van der Waals surface area contributed by atoms with E-state index in [9.17, 15) is 0 Å². The molecular formula is C12H17BrMgO. The van der Waals surface area contributed by atoms with Crippen molar-refractivity contribution >= 4 is 23.1 Å². The largest absolute Gasteiger partial charge is 2.00 e. The molecule has 1 atom stereocenters. The summed E-state index contributed by atoms with van der Waals surface area (Å²) in [5, 5.41) is 0. The van der Waals surface area contributed by atoms with Crippen molar-refractivity contribution in [1.29, 1.82) is 0 Å². The van der Waals surface area contributed by atoms with E-state index >= 15 is 0 Å². The molecule has 0 saturated carbocycles. The van der Waals surface area contributed by atoms with Crippen LogP contribution in [0, 0.1) is 19.9 Å². The van der Waals surface area contributed by atoms with Gasteiger partial charge in [-0.15, -0.1) is 11.1 Å².